The summed E-state index contributed by atoms with van der Waals surface area (Å²) in [5.41, 5.74) is 4.06. The zero-order chi connectivity index (χ0) is 22.5. The molecule has 0 fully saturated rings. The number of carboxylic acids is 1. The van der Waals surface area contributed by atoms with Gasteiger partial charge in [-0.1, -0.05) is 34.1 Å². The maximum atomic E-state index is 11.4. The van der Waals surface area contributed by atoms with Gasteiger partial charge in [-0.3, -0.25) is 4.79 Å². The Morgan fingerprint density at radius 2 is 2.16 bits per heavy atom. The summed E-state index contributed by atoms with van der Waals surface area (Å²) in [7, 11) is 1.84. The number of hydrogen-bond donors (Lipinski definition) is 2. The molecular formula is C24H27BrN4O3. The minimum atomic E-state index is -0.825. The van der Waals surface area contributed by atoms with Crippen LogP contribution in [-0.2, 0) is 31.1 Å². The number of benzene rings is 1. The zero-order valence-electron chi connectivity index (χ0n) is 18.1. The van der Waals surface area contributed by atoms with Crippen LogP contribution in [0.15, 0.2) is 46.9 Å². The Kier molecular flexibility index (Phi) is 7.09. The molecule has 32 heavy (non-hydrogen) atoms. The number of carboxylic acid groups (broad SMARTS) is 1. The summed E-state index contributed by atoms with van der Waals surface area (Å²) in [5.74, 6) is 0.669. The second-order valence-corrected chi connectivity index (χ2v) is 9.01. The molecule has 0 amide bonds. The normalized spacial score (nSPS) is 13.8. The highest BCUT2D eigenvalue weighted by molar-refractivity contribution is 9.10. The van der Waals surface area contributed by atoms with Crippen molar-refractivity contribution < 1.29 is 14.6 Å². The summed E-state index contributed by atoms with van der Waals surface area (Å²) in [6.07, 6.45) is 3.50. The number of carbonyl (C=O) groups is 1. The molecule has 0 spiro atoms. The van der Waals surface area contributed by atoms with Crippen molar-refractivity contribution in [2.75, 3.05) is 18.5 Å². The first-order valence-corrected chi connectivity index (χ1v) is 11.6. The average molecular weight is 499 g/mol. The van der Waals surface area contributed by atoms with Crippen LogP contribution in [0.25, 0.3) is 0 Å². The third-order valence-electron chi connectivity index (χ3n) is 5.64. The van der Waals surface area contributed by atoms with Gasteiger partial charge >= 0.3 is 5.97 Å². The molecule has 0 bridgehead atoms. The SMILES string of the molecule is Cn1nc(CC(CC(=O)O)c2cccc(Br)c2)cc1OCCc1ccc2c(n1)NCCC2. The topological polar surface area (TPSA) is 89.3 Å². The third kappa shape index (κ3) is 5.68. The van der Waals surface area contributed by atoms with Crippen LogP contribution in [0.2, 0.25) is 0 Å². The molecule has 3 aromatic rings. The van der Waals surface area contributed by atoms with Gasteiger partial charge in [0, 0.05) is 36.2 Å². The van der Waals surface area contributed by atoms with Crippen molar-refractivity contribution in [1.82, 2.24) is 14.8 Å². The predicted octanol–water partition coefficient (Wildman–Crippen LogP) is 4.36. The zero-order valence-corrected chi connectivity index (χ0v) is 19.6. The molecule has 1 aromatic carbocycles. The van der Waals surface area contributed by atoms with Gasteiger partial charge in [0.05, 0.1) is 18.7 Å². The first-order chi connectivity index (χ1) is 15.5. The molecule has 1 unspecified atom stereocenters. The predicted molar refractivity (Wildman–Crippen MR) is 126 cm³/mol. The molecule has 1 aliphatic rings. The lowest BCUT2D eigenvalue weighted by molar-refractivity contribution is -0.137. The Morgan fingerprint density at radius 1 is 1.28 bits per heavy atom. The van der Waals surface area contributed by atoms with Crippen LogP contribution >= 0.6 is 15.9 Å². The molecule has 1 atom stereocenters. The number of fused-ring (bicyclic) bond motifs is 1. The van der Waals surface area contributed by atoms with Gasteiger partial charge in [0.2, 0.25) is 5.88 Å². The number of halogens is 1. The van der Waals surface area contributed by atoms with Gasteiger partial charge in [0.15, 0.2) is 0 Å². The number of anilines is 1. The molecule has 2 N–H and O–H groups in total. The summed E-state index contributed by atoms with van der Waals surface area (Å²) in [5, 5.41) is 17.3. The van der Waals surface area contributed by atoms with E-state index in [2.05, 4.69) is 38.5 Å². The van der Waals surface area contributed by atoms with Crippen molar-refractivity contribution in [1.29, 1.82) is 0 Å². The number of nitrogens with one attached hydrogen (secondary N) is 1. The third-order valence-corrected chi connectivity index (χ3v) is 6.14. The quantitative estimate of drug-likeness (QED) is 0.455. The summed E-state index contributed by atoms with van der Waals surface area (Å²) in [4.78, 5) is 16.1. The van der Waals surface area contributed by atoms with Crippen molar-refractivity contribution in [2.24, 2.45) is 7.05 Å². The van der Waals surface area contributed by atoms with Crippen LogP contribution < -0.4 is 10.1 Å². The summed E-state index contributed by atoms with van der Waals surface area (Å²) >= 11 is 3.47. The van der Waals surface area contributed by atoms with Gasteiger partial charge in [0.1, 0.15) is 5.82 Å². The highest BCUT2D eigenvalue weighted by atomic mass is 79.9. The molecule has 0 saturated carbocycles. The van der Waals surface area contributed by atoms with Gasteiger partial charge in [-0.25, -0.2) is 9.67 Å². The number of aliphatic carboxylic acids is 1. The summed E-state index contributed by atoms with van der Waals surface area (Å²) in [6.45, 7) is 1.47. The van der Waals surface area contributed by atoms with Crippen LogP contribution in [0.3, 0.4) is 0 Å². The van der Waals surface area contributed by atoms with Crippen LogP contribution in [0.4, 0.5) is 5.82 Å². The first kappa shape index (κ1) is 22.3. The smallest absolute Gasteiger partial charge is 0.303 e. The van der Waals surface area contributed by atoms with Gasteiger partial charge in [0.25, 0.3) is 0 Å². The van der Waals surface area contributed by atoms with E-state index in [0.29, 0.717) is 25.3 Å². The highest BCUT2D eigenvalue weighted by Crippen LogP contribution is 2.28. The molecule has 168 valence electrons. The lowest BCUT2D eigenvalue weighted by atomic mass is 9.91. The van der Waals surface area contributed by atoms with Crippen molar-refractivity contribution in [3.05, 3.63) is 69.5 Å². The fourth-order valence-electron chi connectivity index (χ4n) is 4.04. The standard InChI is InChI=1S/C24H27BrN4O3/c1-29-22(32-11-9-20-8-7-16-5-3-10-26-24(16)27-20)15-21(28-29)13-18(14-23(30)31)17-4-2-6-19(25)12-17/h2,4,6-8,12,15,18H,3,5,9-11,13-14H2,1H3,(H,26,27)(H,30,31). The molecule has 3 heterocycles. The fourth-order valence-corrected chi connectivity index (χ4v) is 4.46. The van der Waals surface area contributed by atoms with Crippen LogP contribution in [0.5, 0.6) is 5.88 Å². The molecule has 0 saturated heterocycles. The molecule has 0 radical (unpaired) electrons. The van der Waals surface area contributed by atoms with E-state index < -0.39 is 5.97 Å². The Labute approximate surface area is 196 Å². The summed E-state index contributed by atoms with van der Waals surface area (Å²) in [6, 6.07) is 13.9. The number of hydrogen-bond acceptors (Lipinski definition) is 5. The number of aromatic nitrogens is 3. The molecule has 2 aromatic heterocycles. The van der Waals surface area contributed by atoms with Crippen molar-refractivity contribution in [3.63, 3.8) is 0 Å². The Morgan fingerprint density at radius 3 is 2.97 bits per heavy atom. The van der Waals surface area contributed by atoms with Crippen molar-refractivity contribution >= 4 is 27.7 Å². The summed E-state index contributed by atoms with van der Waals surface area (Å²) < 4.78 is 8.61. The average Bonchev–Trinajstić information content (AvgIpc) is 3.12. The van der Waals surface area contributed by atoms with Crippen molar-refractivity contribution in [2.45, 2.75) is 38.0 Å². The molecule has 4 rings (SSSR count). The molecule has 1 aliphatic heterocycles. The maximum Gasteiger partial charge on any atom is 0.303 e. The molecule has 8 heteroatoms. The van der Waals surface area contributed by atoms with Gasteiger partial charge in [-0.15, -0.1) is 0 Å². The van der Waals surface area contributed by atoms with E-state index in [1.54, 1.807) is 4.68 Å². The highest BCUT2D eigenvalue weighted by Gasteiger charge is 2.19. The lowest BCUT2D eigenvalue weighted by Crippen LogP contribution is -2.14. The van der Waals surface area contributed by atoms with E-state index in [1.165, 1.54) is 5.56 Å². The number of nitrogens with zero attached hydrogens (tertiary/aromatic N) is 3. The first-order valence-electron chi connectivity index (χ1n) is 10.8. The van der Waals surface area contributed by atoms with E-state index in [4.69, 9.17) is 9.72 Å². The minimum absolute atomic E-state index is 0.0429. The van der Waals surface area contributed by atoms with Crippen LogP contribution in [-0.4, -0.2) is 39.0 Å². The Balaban J connectivity index is 1.39. The second-order valence-electron chi connectivity index (χ2n) is 8.09. The van der Waals surface area contributed by atoms with E-state index in [9.17, 15) is 9.90 Å². The molecule has 7 nitrogen and oxygen atoms in total. The number of aryl methyl sites for hydroxylation is 2. The number of ether oxygens (including phenoxy) is 1. The minimum Gasteiger partial charge on any atom is -0.481 e. The van der Waals surface area contributed by atoms with Gasteiger partial charge in [-0.05, 0) is 54.5 Å². The molecule has 0 aliphatic carbocycles. The second kappa shape index (κ2) is 10.2. The van der Waals surface area contributed by atoms with Gasteiger partial charge < -0.3 is 15.2 Å². The van der Waals surface area contributed by atoms with Gasteiger partial charge in [-0.2, -0.15) is 5.10 Å². The number of pyridine rings is 1. The van der Waals surface area contributed by atoms with E-state index in [-0.39, 0.29) is 12.3 Å². The van der Waals surface area contributed by atoms with E-state index >= 15 is 0 Å². The van der Waals surface area contributed by atoms with Crippen LogP contribution in [0.1, 0.15) is 41.3 Å². The molecular weight excluding hydrogens is 472 g/mol. The Hall–Kier alpha value is -2.87. The van der Waals surface area contributed by atoms with Crippen molar-refractivity contribution in [3.8, 4) is 5.88 Å². The van der Waals surface area contributed by atoms with Crippen LogP contribution in [0, 0.1) is 0 Å². The van der Waals surface area contributed by atoms with E-state index in [1.807, 2.05) is 37.4 Å². The van der Waals surface area contributed by atoms with E-state index in [0.717, 1.165) is 46.6 Å². The fraction of sp³-hybridized carbons (Fsp3) is 0.375. The Bertz CT molecular complexity index is 1100. The monoisotopic (exact) mass is 498 g/mol. The lowest BCUT2D eigenvalue weighted by Gasteiger charge is -2.17. The largest absolute Gasteiger partial charge is 0.481 e. The number of rotatable bonds is 9. The maximum absolute atomic E-state index is 11.4.